The molecular weight excluding hydrogens is 302 g/mol. The van der Waals surface area contributed by atoms with Gasteiger partial charge in [0.2, 0.25) is 23.6 Å². The summed E-state index contributed by atoms with van der Waals surface area (Å²) in [6.45, 7) is -0.288. The molecule has 0 saturated carbocycles. The number of nitrogens with two attached hydrogens (primary N) is 2. The molecule has 0 bridgehead atoms. The maximum Gasteiger partial charge on any atom is 0.250 e. The second-order valence-corrected chi connectivity index (χ2v) is 5.19. The average molecular weight is 319 g/mol. The number of pyridine rings is 1. The van der Waals surface area contributed by atoms with Gasteiger partial charge in [-0.3, -0.25) is 24.2 Å². The molecule has 4 amide bonds. The molecule has 0 fully saturated rings. The molecule has 122 valence electrons. The molecule has 9 heteroatoms. The number of hydrogen-bond donors (Lipinski definition) is 3. The van der Waals surface area contributed by atoms with Gasteiger partial charge in [0.1, 0.15) is 12.6 Å². The number of nitrogens with zero attached hydrogens (tertiary/aromatic N) is 2. The third-order valence-corrected chi connectivity index (χ3v) is 3.40. The monoisotopic (exact) mass is 319 g/mol. The topological polar surface area (TPSA) is 148 Å². The molecular formula is C14H17N5O4. The van der Waals surface area contributed by atoms with Crippen molar-refractivity contribution >= 4 is 29.3 Å². The van der Waals surface area contributed by atoms with Crippen molar-refractivity contribution in [2.75, 3.05) is 11.4 Å². The molecule has 1 aromatic rings. The van der Waals surface area contributed by atoms with Gasteiger partial charge in [-0.1, -0.05) is 0 Å². The number of amides is 4. The number of rotatable bonds is 6. The van der Waals surface area contributed by atoms with Crippen molar-refractivity contribution in [2.45, 2.75) is 25.3 Å². The lowest BCUT2D eigenvalue weighted by Crippen LogP contribution is -2.54. The normalized spacial score (nSPS) is 16.6. The minimum atomic E-state index is -0.841. The number of primary amides is 2. The molecule has 9 nitrogen and oxygen atoms in total. The van der Waals surface area contributed by atoms with Crippen LogP contribution in [-0.4, -0.2) is 41.2 Å². The molecule has 23 heavy (non-hydrogen) atoms. The van der Waals surface area contributed by atoms with Crippen molar-refractivity contribution in [1.82, 2.24) is 10.3 Å². The fraction of sp³-hybridized carbons (Fsp3) is 0.357. The molecule has 0 aromatic carbocycles. The summed E-state index contributed by atoms with van der Waals surface area (Å²) in [6.07, 6.45) is 3.12. The highest BCUT2D eigenvalue weighted by Crippen LogP contribution is 2.26. The Morgan fingerprint density at radius 2 is 2.00 bits per heavy atom. The second-order valence-electron chi connectivity index (χ2n) is 5.19. The summed E-state index contributed by atoms with van der Waals surface area (Å²) in [5, 5.41) is 2.55. The van der Waals surface area contributed by atoms with Crippen LogP contribution in [0.25, 0.3) is 0 Å². The summed E-state index contributed by atoms with van der Waals surface area (Å²) in [6, 6.07) is 0.771. The van der Waals surface area contributed by atoms with Crippen molar-refractivity contribution in [3.63, 3.8) is 0 Å². The van der Waals surface area contributed by atoms with Crippen LogP contribution in [0.5, 0.6) is 0 Å². The Kier molecular flexibility index (Phi) is 4.89. The van der Waals surface area contributed by atoms with Gasteiger partial charge in [0.15, 0.2) is 0 Å². The predicted molar refractivity (Wildman–Crippen MR) is 79.8 cm³/mol. The van der Waals surface area contributed by atoms with Crippen molar-refractivity contribution in [2.24, 2.45) is 11.5 Å². The third-order valence-electron chi connectivity index (χ3n) is 3.40. The quantitative estimate of drug-likeness (QED) is 0.566. The number of carbonyl (C=O) groups excluding carboxylic acids is 4. The lowest BCUT2D eigenvalue weighted by Gasteiger charge is -2.33. The summed E-state index contributed by atoms with van der Waals surface area (Å²) >= 11 is 0. The lowest BCUT2D eigenvalue weighted by atomic mass is 9.98. The van der Waals surface area contributed by atoms with E-state index in [1.807, 2.05) is 0 Å². The Bertz CT molecular complexity index is 660. The summed E-state index contributed by atoms with van der Waals surface area (Å²) in [7, 11) is 0. The molecule has 0 aliphatic carbocycles. The van der Waals surface area contributed by atoms with Crippen LogP contribution in [0, 0.1) is 0 Å². The van der Waals surface area contributed by atoms with Gasteiger partial charge < -0.3 is 21.7 Å². The van der Waals surface area contributed by atoms with E-state index in [1.165, 1.54) is 11.1 Å². The maximum atomic E-state index is 12.5. The van der Waals surface area contributed by atoms with E-state index in [-0.39, 0.29) is 25.8 Å². The molecule has 1 aliphatic heterocycles. The number of anilines is 1. The standard InChI is InChI=1S/C14H17N5O4/c15-11(20)1-2-13(22)18-9-5-8-6-17-4-3-10(8)19(14(9)23)7-12(16)21/h3-4,6,9H,1-2,5,7H2,(H2,15,20)(H2,16,21)(H,18,22)/t9-/m0/s1. The molecule has 0 unspecified atom stereocenters. The van der Waals surface area contributed by atoms with Gasteiger partial charge in [-0.25, -0.2) is 0 Å². The van der Waals surface area contributed by atoms with E-state index in [2.05, 4.69) is 10.3 Å². The zero-order chi connectivity index (χ0) is 17.0. The summed E-state index contributed by atoms with van der Waals surface area (Å²) in [5.41, 5.74) is 11.4. The maximum absolute atomic E-state index is 12.5. The Morgan fingerprint density at radius 3 is 2.65 bits per heavy atom. The molecule has 0 saturated heterocycles. The van der Waals surface area contributed by atoms with E-state index in [0.29, 0.717) is 11.3 Å². The van der Waals surface area contributed by atoms with Gasteiger partial charge in [-0.2, -0.15) is 0 Å². The first-order valence-corrected chi connectivity index (χ1v) is 6.98. The van der Waals surface area contributed by atoms with E-state index >= 15 is 0 Å². The minimum Gasteiger partial charge on any atom is -0.370 e. The van der Waals surface area contributed by atoms with Gasteiger partial charge in [0.05, 0.1) is 5.69 Å². The summed E-state index contributed by atoms with van der Waals surface area (Å²) in [4.78, 5) is 51.4. The number of fused-ring (bicyclic) bond motifs is 1. The highest BCUT2D eigenvalue weighted by atomic mass is 16.2. The zero-order valence-corrected chi connectivity index (χ0v) is 12.3. The smallest absolute Gasteiger partial charge is 0.250 e. The van der Waals surface area contributed by atoms with Crippen molar-refractivity contribution in [3.05, 3.63) is 24.0 Å². The van der Waals surface area contributed by atoms with Crippen molar-refractivity contribution < 1.29 is 19.2 Å². The summed E-state index contributed by atoms with van der Waals surface area (Å²) < 4.78 is 0. The molecule has 1 atom stereocenters. The Labute approximate surface area is 132 Å². The molecule has 2 heterocycles. The van der Waals surface area contributed by atoms with Crippen molar-refractivity contribution in [3.8, 4) is 0 Å². The SMILES string of the molecule is NC(=O)CCC(=O)N[C@H]1Cc2cnccc2N(CC(N)=O)C1=O. The van der Waals surface area contributed by atoms with Crippen LogP contribution in [0.1, 0.15) is 18.4 Å². The first kappa shape index (κ1) is 16.4. The first-order chi connectivity index (χ1) is 10.9. The number of nitrogens with one attached hydrogen (secondary N) is 1. The highest BCUT2D eigenvalue weighted by Gasteiger charge is 2.34. The predicted octanol–water partition coefficient (Wildman–Crippen LogP) is -1.79. The van der Waals surface area contributed by atoms with Crippen LogP contribution in [0.2, 0.25) is 0 Å². The molecule has 1 aromatic heterocycles. The number of carbonyl (C=O) groups is 4. The third kappa shape index (κ3) is 4.02. The molecule has 1 aliphatic rings. The van der Waals surface area contributed by atoms with E-state index < -0.39 is 29.7 Å². The fourth-order valence-electron chi connectivity index (χ4n) is 2.39. The Hall–Kier alpha value is -2.97. The van der Waals surface area contributed by atoms with Gasteiger partial charge in [-0.15, -0.1) is 0 Å². The largest absolute Gasteiger partial charge is 0.370 e. The molecule has 2 rings (SSSR count). The van der Waals surface area contributed by atoms with Crippen LogP contribution < -0.4 is 21.7 Å². The highest BCUT2D eigenvalue weighted by molar-refractivity contribution is 6.05. The minimum absolute atomic E-state index is 0.101. The van der Waals surface area contributed by atoms with Gasteiger partial charge >= 0.3 is 0 Å². The van der Waals surface area contributed by atoms with Crippen LogP contribution >= 0.6 is 0 Å². The first-order valence-electron chi connectivity index (χ1n) is 6.98. The van der Waals surface area contributed by atoms with E-state index in [1.54, 1.807) is 12.3 Å². The Balaban J connectivity index is 2.16. The van der Waals surface area contributed by atoms with Crippen LogP contribution in [0.15, 0.2) is 18.5 Å². The van der Waals surface area contributed by atoms with E-state index in [4.69, 9.17) is 11.5 Å². The van der Waals surface area contributed by atoms with Gasteiger partial charge in [0, 0.05) is 31.7 Å². The van der Waals surface area contributed by atoms with Crippen molar-refractivity contribution in [1.29, 1.82) is 0 Å². The summed E-state index contributed by atoms with van der Waals surface area (Å²) in [5.74, 6) is -2.16. The zero-order valence-electron chi connectivity index (χ0n) is 12.3. The van der Waals surface area contributed by atoms with Crippen LogP contribution in [-0.2, 0) is 25.6 Å². The average Bonchev–Trinajstić information content (AvgIpc) is 2.49. The van der Waals surface area contributed by atoms with Crippen LogP contribution in [0.4, 0.5) is 5.69 Å². The number of hydrogen-bond acceptors (Lipinski definition) is 5. The second kappa shape index (κ2) is 6.86. The molecule has 5 N–H and O–H groups in total. The Morgan fingerprint density at radius 1 is 1.26 bits per heavy atom. The van der Waals surface area contributed by atoms with Crippen LogP contribution in [0.3, 0.4) is 0 Å². The van der Waals surface area contributed by atoms with Gasteiger partial charge in [-0.05, 0) is 11.6 Å². The lowest BCUT2D eigenvalue weighted by molar-refractivity contribution is -0.129. The van der Waals surface area contributed by atoms with E-state index in [0.717, 1.165) is 0 Å². The fourth-order valence-corrected chi connectivity index (χ4v) is 2.39. The molecule has 0 radical (unpaired) electrons. The van der Waals surface area contributed by atoms with E-state index in [9.17, 15) is 19.2 Å². The number of aromatic nitrogens is 1. The van der Waals surface area contributed by atoms with Gasteiger partial charge in [0.25, 0.3) is 0 Å². The molecule has 0 spiro atoms.